The van der Waals surface area contributed by atoms with Crippen LogP contribution in [0.15, 0.2) is 120 Å². The summed E-state index contributed by atoms with van der Waals surface area (Å²) in [6, 6.07) is 35.6. The molecule has 0 radical (unpaired) electrons. The lowest BCUT2D eigenvalue weighted by molar-refractivity contribution is 0.685. The molecule has 0 saturated heterocycles. The van der Waals surface area contributed by atoms with Crippen molar-refractivity contribution in [2.24, 2.45) is 0 Å². The minimum atomic E-state index is 0.258. The summed E-state index contributed by atoms with van der Waals surface area (Å²) in [4.78, 5) is 2.79. The Morgan fingerprint density at radius 1 is 0.761 bits per heavy atom. The van der Waals surface area contributed by atoms with E-state index >= 15 is 0 Å². The van der Waals surface area contributed by atoms with E-state index in [1.54, 1.807) is 10.9 Å². The molecule has 3 heterocycles. The van der Waals surface area contributed by atoms with E-state index in [2.05, 4.69) is 121 Å². The average molecular weight is 606 g/mol. The highest BCUT2D eigenvalue weighted by Crippen LogP contribution is 2.53. The maximum absolute atomic E-state index is 2.79. The Kier molecular flexibility index (Phi) is 5.14. The summed E-state index contributed by atoms with van der Waals surface area (Å²) >= 11 is 1.95. The first-order chi connectivity index (χ1) is 22.7. The van der Waals surface area contributed by atoms with Crippen molar-refractivity contribution in [2.45, 2.75) is 45.1 Å². The van der Waals surface area contributed by atoms with Gasteiger partial charge in [0.1, 0.15) is 0 Å². The number of hydrogen-bond acceptors (Lipinski definition) is 2. The van der Waals surface area contributed by atoms with Crippen molar-refractivity contribution in [2.75, 3.05) is 4.90 Å². The highest BCUT2D eigenvalue weighted by atomic mass is 32.1. The molecule has 0 saturated carbocycles. The zero-order chi connectivity index (χ0) is 30.1. The summed E-state index contributed by atoms with van der Waals surface area (Å²) in [7, 11) is 0. The lowest BCUT2D eigenvalue weighted by atomic mass is 9.28. The van der Waals surface area contributed by atoms with Crippen LogP contribution in [0.2, 0.25) is 0 Å². The van der Waals surface area contributed by atoms with E-state index < -0.39 is 0 Å². The second-order valence-electron chi connectivity index (χ2n) is 13.9. The number of rotatable bonds is 1. The van der Waals surface area contributed by atoms with Crippen molar-refractivity contribution in [3.05, 3.63) is 148 Å². The van der Waals surface area contributed by atoms with Crippen molar-refractivity contribution >= 4 is 77.3 Å². The summed E-state index contributed by atoms with van der Waals surface area (Å²) in [6.45, 7) is 2.62. The van der Waals surface area contributed by atoms with E-state index in [0.29, 0.717) is 6.04 Å². The second-order valence-corrected chi connectivity index (χ2v) is 15.0. The first-order valence-corrected chi connectivity index (χ1v) is 17.7. The third-order valence-electron chi connectivity index (χ3n) is 11.4. The fraction of sp³-hybridized carbons (Fsp3) is 0.163. The average Bonchev–Trinajstić information content (AvgIpc) is 3.48. The van der Waals surface area contributed by atoms with Crippen LogP contribution in [0.5, 0.6) is 0 Å². The topological polar surface area (TPSA) is 3.24 Å². The predicted octanol–water partition coefficient (Wildman–Crippen LogP) is 10.3. The van der Waals surface area contributed by atoms with Crippen LogP contribution in [0.25, 0.3) is 48.1 Å². The molecule has 1 unspecified atom stereocenters. The lowest BCUT2D eigenvalue weighted by Gasteiger charge is -2.50. The minimum absolute atomic E-state index is 0.258. The van der Waals surface area contributed by atoms with Gasteiger partial charge in [-0.25, -0.2) is 0 Å². The van der Waals surface area contributed by atoms with Crippen LogP contribution >= 0.6 is 11.3 Å². The van der Waals surface area contributed by atoms with Gasteiger partial charge in [-0.1, -0.05) is 101 Å². The lowest BCUT2D eigenvalue weighted by Crippen LogP contribution is -2.54. The molecule has 6 aromatic rings. The standard InChI is InChI=1S/C43H32BNS/c1-25-21-34-33-24-39-41(31-13-6-7-16-38(31)46-39)32-14-8-15-35(40(32)33)44-42-30-12-5-4-10-27(30)18-20-36(42)45(37(22-25)43(34)44)29-19-17-26-9-2-3-11-28(26)23-29/h3-8,10-17,19,21,23-24,37H,2,9,18,20,22H2,1H3. The Morgan fingerprint density at radius 3 is 2.63 bits per heavy atom. The summed E-state index contributed by atoms with van der Waals surface area (Å²) in [5, 5.41) is 5.70. The van der Waals surface area contributed by atoms with E-state index in [0.717, 1.165) is 32.1 Å². The quantitative estimate of drug-likeness (QED) is 0.169. The van der Waals surface area contributed by atoms with Crippen LogP contribution in [0, 0.1) is 0 Å². The Balaban J connectivity index is 1.27. The highest BCUT2D eigenvalue weighted by molar-refractivity contribution is 7.26. The van der Waals surface area contributed by atoms with Crippen LogP contribution in [-0.4, -0.2) is 12.8 Å². The van der Waals surface area contributed by atoms with Crippen molar-refractivity contribution in [1.29, 1.82) is 0 Å². The largest absolute Gasteiger partial charge is 0.339 e. The molecule has 46 heavy (non-hydrogen) atoms. The molecule has 1 atom stereocenters. The van der Waals surface area contributed by atoms with E-state index in [1.165, 1.54) is 86.8 Å². The predicted molar refractivity (Wildman–Crippen MR) is 199 cm³/mol. The molecule has 2 aliphatic heterocycles. The summed E-state index contributed by atoms with van der Waals surface area (Å²) in [6.07, 6.45) is 12.8. The molecule has 218 valence electrons. The number of hydrogen-bond donors (Lipinski definition) is 0. The van der Waals surface area contributed by atoms with Gasteiger partial charge in [-0.3, -0.25) is 0 Å². The van der Waals surface area contributed by atoms with Crippen molar-refractivity contribution in [3.8, 4) is 0 Å². The van der Waals surface area contributed by atoms with Gasteiger partial charge in [-0.2, -0.15) is 0 Å². The molecule has 3 heteroatoms. The molecular formula is C43H32BNS. The smallest absolute Gasteiger partial charge is 0.243 e. The first-order valence-electron chi connectivity index (χ1n) is 16.9. The zero-order valence-corrected chi connectivity index (χ0v) is 26.8. The van der Waals surface area contributed by atoms with Crippen LogP contribution in [0.3, 0.4) is 0 Å². The van der Waals surface area contributed by atoms with Gasteiger partial charge in [-0.05, 0) is 113 Å². The van der Waals surface area contributed by atoms with Gasteiger partial charge in [0, 0.05) is 31.6 Å². The number of benzene rings is 5. The Labute approximate surface area is 274 Å². The van der Waals surface area contributed by atoms with Crippen LogP contribution in [-0.2, 0) is 12.8 Å². The normalized spacial score (nSPS) is 19.4. The Morgan fingerprint density at radius 2 is 1.65 bits per heavy atom. The molecule has 0 spiro atoms. The number of nitrogens with zero attached hydrogens (tertiary/aromatic N) is 1. The van der Waals surface area contributed by atoms with Gasteiger partial charge in [0.25, 0.3) is 0 Å². The number of thiophene rings is 1. The van der Waals surface area contributed by atoms with Gasteiger partial charge in [0.05, 0.1) is 6.04 Å². The molecule has 0 N–H and O–H groups in total. The monoisotopic (exact) mass is 605 g/mol. The highest BCUT2D eigenvalue weighted by Gasteiger charge is 2.48. The molecule has 5 aromatic carbocycles. The van der Waals surface area contributed by atoms with Gasteiger partial charge in [0.2, 0.25) is 6.71 Å². The van der Waals surface area contributed by atoms with Crippen molar-refractivity contribution in [3.63, 3.8) is 0 Å². The number of anilines is 1. The molecule has 0 bridgehead atoms. The van der Waals surface area contributed by atoms with Crippen molar-refractivity contribution in [1.82, 2.24) is 0 Å². The molecule has 3 aliphatic carbocycles. The van der Waals surface area contributed by atoms with Gasteiger partial charge in [-0.15, -0.1) is 11.3 Å². The summed E-state index contributed by atoms with van der Waals surface area (Å²) in [5.74, 6) is 0. The Hall–Kier alpha value is -4.60. The first kappa shape index (κ1) is 25.6. The van der Waals surface area contributed by atoms with E-state index in [4.69, 9.17) is 0 Å². The molecule has 5 aliphatic rings. The number of fused-ring (bicyclic) bond motifs is 10. The van der Waals surface area contributed by atoms with E-state index in [1.807, 2.05) is 11.3 Å². The number of allylic oxidation sites excluding steroid dienone is 4. The molecule has 0 fully saturated rings. The second kappa shape index (κ2) is 9.24. The van der Waals surface area contributed by atoms with Gasteiger partial charge in [0.15, 0.2) is 0 Å². The maximum atomic E-state index is 2.79. The fourth-order valence-corrected chi connectivity index (χ4v) is 10.8. The van der Waals surface area contributed by atoms with Crippen LogP contribution < -0.4 is 10.4 Å². The van der Waals surface area contributed by atoms with Gasteiger partial charge >= 0.3 is 0 Å². The molecule has 1 aromatic heterocycles. The van der Waals surface area contributed by atoms with E-state index in [9.17, 15) is 0 Å². The summed E-state index contributed by atoms with van der Waals surface area (Å²) in [5.41, 5.74) is 17.7. The van der Waals surface area contributed by atoms with Crippen LogP contribution in [0.4, 0.5) is 5.69 Å². The SMILES string of the molecule is CC1=CC2=C3B(C4=C(CCc5ccccc54)N(c4ccc5c(c4)C=CCC5)C3C1)c1cccc3c1c2cc1sc2ccccc2c13. The van der Waals surface area contributed by atoms with Gasteiger partial charge < -0.3 is 4.90 Å². The maximum Gasteiger partial charge on any atom is 0.243 e. The Bertz CT molecular complexity index is 2490. The van der Waals surface area contributed by atoms with Crippen molar-refractivity contribution < 1.29 is 0 Å². The summed E-state index contributed by atoms with van der Waals surface area (Å²) < 4.78 is 2.78. The number of aryl methyl sites for hydroxylation is 2. The van der Waals surface area contributed by atoms with Crippen LogP contribution in [0.1, 0.15) is 54.0 Å². The fourth-order valence-electron chi connectivity index (χ4n) is 9.66. The van der Waals surface area contributed by atoms with E-state index in [-0.39, 0.29) is 6.71 Å². The minimum Gasteiger partial charge on any atom is -0.339 e. The molecule has 11 rings (SSSR count). The zero-order valence-electron chi connectivity index (χ0n) is 25.9. The molecule has 1 nitrogen and oxygen atoms in total. The third-order valence-corrected chi connectivity index (χ3v) is 12.6. The molecular weight excluding hydrogens is 573 g/mol. The third kappa shape index (κ3) is 3.32. The molecule has 0 amide bonds.